The molecule has 6 nitrogen and oxygen atoms in total. The van der Waals surface area contributed by atoms with Crippen molar-refractivity contribution in [2.24, 2.45) is 16.8 Å². The summed E-state index contributed by atoms with van der Waals surface area (Å²) >= 11 is 0. The molecule has 3 fully saturated rings. The van der Waals surface area contributed by atoms with Crippen LogP contribution in [0, 0.1) is 11.8 Å². The van der Waals surface area contributed by atoms with Gasteiger partial charge in [0, 0.05) is 31.7 Å². The minimum atomic E-state index is -3.06. The number of rotatable bonds is 7. The van der Waals surface area contributed by atoms with Gasteiger partial charge in [0.2, 0.25) is 10.0 Å². The average molecular weight is 399 g/mol. The zero-order valence-corrected chi connectivity index (χ0v) is 17.9. The summed E-state index contributed by atoms with van der Waals surface area (Å²) in [5, 5.41) is 7.23. The van der Waals surface area contributed by atoms with Gasteiger partial charge in [-0.05, 0) is 44.4 Å². The highest BCUT2D eigenvalue weighted by Crippen LogP contribution is 2.44. The molecule has 27 heavy (non-hydrogen) atoms. The van der Waals surface area contributed by atoms with Crippen molar-refractivity contribution in [3.63, 3.8) is 0 Å². The van der Waals surface area contributed by atoms with E-state index in [2.05, 4.69) is 22.5 Å². The Hall–Kier alpha value is -0.820. The van der Waals surface area contributed by atoms with Gasteiger partial charge in [-0.2, -0.15) is 0 Å². The van der Waals surface area contributed by atoms with Gasteiger partial charge in [-0.3, -0.25) is 4.99 Å². The van der Waals surface area contributed by atoms with E-state index in [-0.39, 0.29) is 5.75 Å². The molecule has 0 bridgehead atoms. The van der Waals surface area contributed by atoms with Crippen LogP contribution in [0.15, 0.2) is 4.99 Å². The molecular weight excluding hydrogens is 360 g/mol. The second-order valence-corrected chi connectivity index (χ2v) is 10.6. The lowest BCUT2D eigenvalue weighted by atomic mass is 9.85. The molecule has 2 atom stereocenters. The summed E-state index contributed by atoms with van der Waals surface area (Å²) in [4.78, 5) is 4.64. The Morgan fingerprint density at radius 1 is 1.04 bits per heavy atom. The largest absolute Gasteiger partial charge is 0.354 e. The number of nitrogens with zero attached hydrogens (tertiary/aromatic N) is 2. The van der Waals surface area contributed by atoms with Crippen LogP contribution in [0.5, 0.6) is 0 Å². The van der Waals surface area contributed by atoms with Crippen molar-refractivity contribution in [3.8, 4) is 0 Å². The lowest BCUT2D eigenvalue weighted by molar-refractivity contribution is 0.304. The van der Waals surface area contributed by atoms with Gasteiger partial charge in [0.05, 0.1) is 5.75 Å². The Morgan fingerprint density at radius 3 is 2.37 bits per heavy atom. The third-order valence-corrected chi connectivity index (χ3v) is 8.46. The van der Waals surface area contributed by atoms with E-state index < -0.39 is 10.0 Å². The summed E-state index contributed by atoms with van der Waals surface area (Å²) < 4.78 is 26.1. The van der Waals surface area contributed by atoms with E-state index in [1.807, 2.05) is 6.92 Å². The molecule has 0 radical (unpaired) electrons. The number of piperidine rings is 1. The van der Waals surface area contributed by atoms with E-state index in [9.17, 15) is 8.42 Å². The molecule has 1 aliphatic heterocycles. The first-order valence-electron chi connectivity index (χ1n) is 11.1. The highest BCUT2D eigenvalue weighted by Gasteiger charge is 2.43. The molecule has 156 valence electrons. The van der Waals surface area contributed by atoms with Gasteiger partial charge in [-0.15, -0.1) is 0 Å². The minimum Gasteiger partial charge on any atom is -0.354 e. The van der Waals surface area contributed by atoms with Crippen LogP contribution in [-0.4, -0.2) is 56.2 Å². The second kappa shape index (κ2) is 9.59. The smallest absolute Gasteiger partial charge is 0.214 e. The summed E-state index contributed by atoms with van der Waals surface area (Å²) in [7, 11) is -3.06. The normalized spacial score (nSPS) is 28.9. The molecule has 1 heterocycles. The lowest BCUT2D eigenvalue weighted by Crippen LogP contribution is -2.50. The number of hydrogen-bond donors (Lipinski definition) is 2. The number of hydrogen-bond acceptors (Lipinski definition) is 3. The van der Waals surface area contributed by atoms with Crippen LogP contribution in [0.1, 0.15) is 71.6 Å². The summed E-state index contributed by atoms with van der Waals surface area (Å²) in [6, 6.07) is 0.888. The van der Waals surface area contributed by atoms with Crippen LogP contribution in [0.25, 0.3) is 0 Å². The van der Waals surface area contributed by atoms with Crippen molar-refractivity contribution in [1.82, 2.24) is 14.9 Å². The number of sulfonamides is 1. The molecule has 2 aliphatic carbocycles. The van der Waals surface area contributed by atoms with Crippen LogP contribution in [0.2, 0.25) is 0 Å². The van der Waals surface area contributed by atoms with Crippen molar-refractivity contribution in [1.29, 1.82) is 0 Å². The van der Waals surface area contributed by atoms with E-state index in [1.165, 1.54) is 38.5 Å². The lowest BCUT2D eigenvalue weighted by Gasteiger charge is -2.32. The fourth-order valence-electron chi connectivity index (χ4n) is 4.79. The first-order valence-corrected chi connectivity index (χ1v) is 12.7. The third-order valence-electron chi connectivity index (χ3n) is 6.38. The predicted molar refractivity (Wildman–Crippen MR) is 111 cm³/mol. The van der Waals surface area contributed by atoms with E-state index >= 15 is 0 Å². The van der Waals surface area contributed by atoms with Gasteiger partial charge in [0.1, 0.15) is 0 Å². The Balaban J connectivity index is 1.45. The Morgan fingerprint density at radius 2 is 1.74 bits per heavy atom. The molecule has 2 saturated carbocycles. The molecule has 3 rings (SSSR count). The molecule has 2 N–H and O–H groups in total. The van der Waals surface area contributed by atoms with Crippen molar-refractivity contribution in [3.05, 3.63) is 0 Å². The first kappa shape index (κ1) is 20.9. The van der Waals surface area contributed by atoms with E-state index in [1.54, 1.807) is 4.31 Å². The molecule has 2 unspecified atom stereocenters. The molecule has 0 aromatic heterocycles. The van der Waals surface area contributed by atoms with Crippen LogP contribution >= 0.6 is 0 Å². The third kappa shape index (κ3) is 5.83. The van der Waals surface area contributed by atoms with E-state index in [0.717, 1.165) is 37.2 Å². The number of guanidine groups is 1. The standard InChI is InChI=1S/C20H38N4O2S/c1-3-14-27(25,26)24-12-10-17(11-13-24)22-20(21-4-2)23-19-15-18(19)16-8-6-5-7-9-16/h16-19H,3-15H2,1-2H3,(H2,21,22,23). The van der Waals surface area contributed by atoms with Gasteiger partial charge in [0.25, 0.3) is 0 Å². The molecular formula is C20H38N4O2S. The monoisotopic (exact) mass is 398 g/mol. The predicted octanol–water partition coefficient (Wildman–Crippen LogP) is 2.71. The van der Waals surface area contributed by atoms with Crippen molar-refractivity contribution >= 4 is 16.0 Å². The van der Waals surface area contributed by atoms with Crippen LogP contribution in [0.4, 0.5) is 0 Å². The van der Waals surface area contributed by atoms with Gasteiger partial charge < -0.3 is 10.6 Å². The van der Waals surface area contributed by atoms with Crippen molar-refractivity contribution in [2.75, 3.05) is 25.4 Å². The number of nitrogens with one attached hydrogen (secondary N) is 2. The van der Waals surface area contributed by atoms with Gasteiger partial charge in [0.15, 0.2) is 5.96 Å². The molecule has 0 aromatic rings. The van der Waals surface area contributed by atoms with E-state index in [4.69, 9.17) is 0 Å². The number of aliphatic imine (C=N–C) groups is 1. The maximum atomic E-state index is 12.2. The van der Waals surface area contributed by atoms with Crippen LogP contribution in [-0.2, 0) is 10.0 Å². The van der Waals surface area contributed by atoms with Gasteiger partial charge in [-0.1, -0.05) is 39.0 Å². The van der Waals surface area contributed by atoms with Crippen LogP contribution < -0.4 is 10.6 Å². The summed E-state index contributed by atoms with van der Waals surface area (Å²) in [5.74, 6) is 2.93. The maximum Gasteiger partial charge on any atom is 0.214 e. The molecule has 0 amide bonds. The van der Waals surface area contributed by atoms with Crippen LogP contribution in [0.3, 0.4) is 0 Å². The van der Waals surface area contributed by atoms with Gasteiger partial charge >= 0.3 is 0 Å². The Kier molecular flexibility index (Phi) is 7.42. The zero-order valence-electron chi connectivity index (χ0n) is 17.1. The highest BCUT2D eigenvalue weighted by molar-refractivity contribution is 7.89. The Labute approximate surface area is 165 Å². The van der Waals surface area contributed by atoms with E-state index in [0.29, 0.717) is 31.6 Å². The molecule has 1 saturated heterocycles. The average Bonchev–Trinajstić information content (AvgIpc) is 3.42. The fraction of sp³-hybridized carbons (Fsp3) is 0.950. The molecule has 7 heteroatoms. The second-order valence-electron chi connectivity index (χ2n) is 8.51. The van der Waals surface area contributed by atoms with Crippen molar-refractivity contribution < 1.29 is 8.42 Å². The molecule has 3 aliphatic rings. The molecule has 0 spiro atoms. The Bertz CT molecular complexity index is 593. The summed E-state index contributed by atoms with van der Waals surface area (Å²) in [5.41, 5.74) is 0. The maximum absolute atomic E-state index is 12.2. The first-order chi connectivity index (χ1) is 13.0. The highest BCUT2D eigenvalue weighted by atomic mass is 32.2. The topological polar surface area (TPSA) is 73.8 Å². The quantitative estimate of drug-likeness (QED) is 0.511. The summed E-state index contributed by atoms with van der Waals surface area (Å²) in [6.45, 7) is 5.99. The SMILES string of the molecule is CCCS(=O)(=O)N1CCC(NC(=NCC)NC2CC2C2CCCCC2)CC1. The fourth-order valence-corrected chi connectivity index (χ4v) is 6.33. The van der Waals surface area contributed by atoms with Gasteiger partial charge in [-0.25, -0.2) is 12.7 Å². The summed E-state index contributed by atoms with van der Waals surface area (Å²) in [6.07, 6.45) is 10.7. The minimum absolute atomic E-state index is 0.263. The zero-order chi connectivity index (χ0) is 19.3. The molecule has 0 aromatic carbocycles. The van der Waals surface area contributed by atoms with Crippen molar-refractivity contribution in [2.45, 2.75) is 83.7 Å².